The third-order valence-electron chi connectivity index (χ3n) is 3.06. The molecular weight excluding hydrogens is 324 g/mol. The summed E-state index contributed by atoms with van der Waals surface area (Å²) in [5.74, 6) is -0.0530. The van der Waals surface area contributed by atoms with E-state index in [1.54, 1.807) is 6.08 Å². The number of hydrogen-bond donors (Lipinski definition) is 0. The maximum Gasteiger partial charge on any atom is 0.0642 e. The van der Waals surface area contributed by atoms with Crippen LogP contribution in [0.15, 0.2) is 39.4 Å². The third-order valence-corrected chi connectivity index (χ3v) is 4.50. The molecule has 0 saturated carbocycles. The number of rotatable bonds is 2. The SMILES string of the molecule is CN(C)c1c(Cl)cccc1C1CC(Cl)=CC(Cl)=C1Cl. The molecule has 1 aliphatic rings. The van der Waals surface area contributed by atoms with E-state index in [9.17, 15) is 0 Å². The van der Waals surface area contributed by atoms with Crippen molar-refractivity contribution in [1.82, 2.24) is 0 Å². The zero-order chi connectivity index (χ0) is 14.2. The predicted molar refractivity (Wildman–Crippen MR) is 85.8 cm³/mol. The number of halogens is 4. The van der Waals surface area contributed by atoms with Gasteiger partial charge in [-0.15, -0.1) is 0 Å². The Kier molecular flexibility index (Phi) is 4.73. The molecule has 0 fully saturated rings. The van der Waals surface area contributed by atoms with Crippen molar-refractivity contribution in [1.29, 1.82) is 0 Å². The topological polar surface area (TPSA) is 3.24 Å². The fourth-order valence-corrected chi connectivity index (χ4v) is 3.43. The van der Waals surface area contributed by atoms with Gasteiger partial charge in [0.25, 0.3) is 0 Å². The lowest BCUT2D eigenvalue weighted by atomic mass is 9.90. The monoisotopic (exact) mass is 335 g/mol. The number of para-hydroxylation sites is 1. The van der Waals surface area contributed by atoms with Gasteiger partial charge in [-0.1, -0.05) is 58.5 Å². The van der Waals surface area contributed by atoms with Crippen LogP contribution in [0.4, 0.5) is 5.69 Å². The summed E-state index contributed by atoms with van der Waals surface area (Å²) in [7, 11) is 3.90. The van der Waals surface area contributed by atoms with E-state index in [1.807, 2.05) is 37.2 Å². The largest absolute Gasteiger partial charge is 0.376 e. The van der Waals surface area contributed by atoms with Crippen LogP contribution in [0, 0.1) is 0 Å². The molecule has 1 nitrogen and oxygen atoms in total. The molecule has 0 saturated heterocycles. The van der Waals surface area contributed by atoms with Crippen molar-refractivity contribution in [3.8, 4) is 0 Å². The van der Waals surface area contributed by atoms with E-state index < -0.39 is 0 Å². The van der Waals surface area contributed by atoms with E-state index in [0.717, 1.165) is 11.3 Å². The molecule has 1 aromatic rings. The maximum absolute atomic E-state index is 6.34. The molecule has 1 atom stereocenters. The van der Waals surface area contributed by atoms with Crippen molar-refractivity contribution < 1.29 is 0 Å². The molecular formula is C14H13Cl4N. The lowest BCUT2D eigenvalue weighted by Gasteiger charge is -2.27. The van der Waals surface area contributed by atoms with Crippen LogP contribution in [-0.2, 0) is 0 Å². The minimum absolute atomic E-state index is 0.0530. The molecule has 0 aliphatic heterocycles. The Hall–Kier alpha value is -0.340. The molecule has 5 heteroatoms. The van der Waals surface area contributed by atoms with Crippen molar-refractivity contribution in [3.63, 3.8) is 0 Å². The van der Waals surface area contributed by atoms with Gasteiger partial charge >= 0.3 is 0 Å². The molecule has 1 aromatic carbocycles. The van der Waals surface area contributed by atoms with E-state index in [0.29, 0.717) is 26.5 Å². The fraction of sp³-hybridized carbons (Fsp3) is 0.286. The number of anilines is 1. The van der Waals surface area contributed by atoms with Gasteiger partial charge in [-0.2, -0.15) is 0 Å². The van der Waals surface area contributed by atoms with Crippen molar-refractivity contribution in [2.75, 3.05) is 19.0 Å². The van der Waals surface area contributed by atoms with Crippen LogP contribution < -0.4 is 4.90 Å². The lowest BCUT2D eigenvalue weighted by molar-refractivity contribution is 0.819. The molecule has 1 aliphatic carbocycles. The van der Waals surface area contributed by atoms with Gasteiger partial charge in [0.1, 0.15) is 0 Å². The van der Waals surface area contributed by atoms with Gasteiger partial charge in [-0.3, -0.25) is 0 Å². The highest BCUT2D eigenvalue weighted by Crippen LogP contribution is 2.45. The van der Waals surface area contributed by atoms with Gasteiger partial charge in [0.15, 0.2) is 0 Å². The smallest absolute Gasteiger partial charge is 0.0642 e. The number of allylic oxidation sites excluding steroid dienone is 4. The second-order valence-electron chi connectivity index (χ2n) is 4.62. The number of nitrogens with zero attached hydrogens (tertiary/aromatic N) is 1. The zero-order valence-corrected chi connectivity index (χ0v) is 13.6. The predicted octanol–water partition coefficient (Wildman–Crippen LogP) is 5.71. The number of benzene rings is 1. The Morgan fingerprint density at radius 3 is 2.42 bits per heavy atom. The fourth-order valence-electron chi connectivity index (χ4n) is 2.25. The first-order valence-electron chi connectivity index (χ1n) is 5.78. The van der Waals surface area contributed by atoms with Crippen molar-refractivity contribution >= 4 is 52.1 Å². The van der Waals surface area contributed by atoms with Crippen LogP contribution in [0.1, 0.15) is 17.9 Å². The van der Waals surface area contributed by atoms with Gasteiger partial charge < -0.3 is 4.90 Å². The van der Waals surface area contributed by atoms with Crippen molar-refractivity contribution in [3.05, 3.63) is 50.0 Å². The van der Waals surface area contributed by atoms with Gasteiger partial charge in [-0.05, 0) is 24.1 Å². The van der Waals surface area contributed by atoms with E-state index in [1.165, 1.54) is 0 Å². The molecule has 102 valence electrons. The minimum Gasteiger partial charge on any atom is -0.376 e. The summed E-state index contributed by atoms with van der Waals surface area (Å²) >= 11 is 24.9. The van der Waals surface area contributed by atoms with Crippen LogP contribution in [-0.4, -0.2) is 14.1 Å². The zero-order valence-electron chi connectivity index (χ0n) is 10.6. The average Bonchev–Trinajstić information content (AvgIpc) is 2.33. The lowest BCUT2D eigenvalue weighted by Crippen LogP contribution is -2.15. The first-order valence-corrected chi connectivity index (χ1v) is 7.30. The van der Waals surface area contributed by atoms with Gasteiger partial charge in [0, 0.05) is 30.1 Å². The quantitative estimate of drug-likeness (QED) is 0.669. The first kappa shape index (κ1) is 15.1. The van der Waals surface area contributed by atoms with Gasteiger partial charge in [0.2, 0.25) is 0 Å². The highest BCUT2D eigenvalue weighted by atomic mass is 35.5. The summed E-state index contributed by atoms with van der Waals surface area (Å²) in [6.45, 7) is 0. The molecule has 0 aromatic heterocycles. The maximum atomic E-state index is 6.34. The Labute approximate surface area is 133 Å². The third kappa shape index (κ3) is 3.05. The molecule has 0 bridgehead atoms. The summed E-state index contributed by atoms with van der Waals surface area (Å²) in [4.78, 5) is 1.97. The van der Waals surface area contributed by atoms with Gasteiger partial charge in [0.05, 0.1) is 15.7 Å². The Morgan fingerprint density at radius 2 is 1.79 bits per heavy atom. The summed E-state index contributed by atoms with van der Waals surface area (Å²) in [6, 6.07) is 5.78. The molecule has 1 unspecified atom stereocenters. The normalized spacial score (nSPS) is 19.5. The second-order valence-corrected chi connectivity index (χ2v) is 6.32. The number of hydrogen-bond acceptors (Lipinski definition) is 1. The molecule has 0 radical (unpaired) electrons. The van der Waals surface area contributed by atoms with E-state index in [2.05, 4.69) is 0 Å². The summed E-state index contributed by atoms with van der Waals surface area (Å²) in [6.07, 6.45) is 2.33. The van der Waals surface area contributed by atoms with E-state index in [4.69, 9.17) is 46.4 Å². The highest BCUT2D eigenvalue weighted by Gasteiger charge is 2.26. The molecule has 19 heavy (non-hydrogen) atoms. The highest BCUT2D eigenvalue weighted by molar-refractivity contribution is 6.42. The van der Waals surface area contributed by atoms with Crippen LogP contribution in [0.25, 0.3) is 0 Å². The van der Waals surface area contributed by atoms with Crippen LogP contribution >= 0.6 is 46.4 Å². The summed E-state index contributed by atoms with van der Waals surface area (Å²) in [5, 5.41) is 2.49. The molecule has 0 heterocycles. The molecule has 0 spiro atoms. The van der Waals surface area contributed by atoms with Crippen LogP contribution in [0.2, 0.25) is 5.02 Å². The minimum atomic E-state index is -0.0530. The van der Waals surface area contributed by atoms with Crippen LogP contribution in [0.5, 0.6) is 0 Å². The Morgan fingerprint density at radius 1 is 1.11 bits per heavy atom. The van der Waals surface area contributed by atoms with E-state index >= 15 is 0 Å². The average molecular weight is 337 g/mol. The van der Waals surface area contributed by atoms with Crippen LogP contribution in [0.3, 0.4) is 0 Å². The Bertz CT molecular complexity index is 561. The summed E-state index contributed by atoms with van der Waals surface area (Å²) in [5.41, 5.74) is 1.98. The van der Waals surface area contributed by atoms with E-state index in [-0.39, 0.29) is 5.92 Å². The molecule has 0 N–H and O–H groups in total. The molecule has 2 rings (SSSR count). The van der Waals surface area contributed by atoms with Crippen molar-refractivity contribution in [2.24, 2.45) is 0 Å². The second kappa shape index (κ2) is 5.97. The summed E-state index contributed by atoms with van der Waals surface area (Å²) < 4.78 is 0. The van der Waals surface area contributed by atoms with Crippen molar-refractivity contribution in [2.45, 2.75) is 12.3 Å². The van der Waals surface area contributed by atoms with Gasteiger partial charge in [-0.25, -0.2) is 0 Å². The Balaban J connectivity index is 2.55. The molecule has 0 amide bonds. The standard InChI is InChI=1S/C14H13Cl4N/c1-19(2)14-9(4-3-5-11(14)16)10-6-8(15)7-12(17)13(10)18/h3-5,7,10H,6H2,1-2H3. The first-order chi connectivity index (χ1) is 8.91.